The summed E-state index contributed by atoms with van der Waals surface area (Å²) in [5, 5.41) is 3.41. The molecule has 0 spiro atoms. The Labute approximate surface area is 122 Å². The van der Waals surface area contributed by atoms with E-state index in [1.54, 1.807) is 0 Å². The molecule has 2 rings (SSSR count). The molecule has 1 amide bonds. The van der Waals surface area contributed by atoms with Crippen molar-refractivity contribution < 1.29 is 4.79 Å². The highest BCUT2D eigenvalue weighted by atomic mass is 16.2. The maximum absolute atomic E-state index is 12.5. The van der Waals surface area contributed by atoms with Gasteiger partial charge in [-0.2, -0.15) is 0 Å². The lowest BCUT2D eigenvalue weighted by Gasteiger charge is -2.26. The Kier molecular flexibility index (Phi) is 4.48. The van der Waals surface area contributed by atoms with Crippen LogP contribution in [0.4, 0.5) is 0 Å². The van der Waals surface area contributed by atoms with Crippen LogP contribution in [0.2, 0.25) is 0 Å². The predicted molar refractivity (Wildman–Crippen MR) is 82.3 cm³/mol. The van der Waals surface area contributed by atoms with Gasteiger partial charge in [0.1, 0.15) is 0 Å². The van der Waals surface area contributed by atoms with Gasteiger partial charge in [-0.15, -0.1) is 0 Å². The Balaban J connectivity index is 1.96. The molecular formula is C17H26N2O. The topological polar surface area (TPSA) is 32.3 Å². The molecule has 1 N–H and O–H groups in total. The van der Waals surface area contributed by atoms with Crippen molar-refractivity contribution in [2.45, 2.75) is 52.7 Å². The van der Waals surface area contributed by atoms with Crippen molar-refractivity contribution in [2.24, 2.45) is 5.41 Å². The number of hydrogen-bond acceptors (Lipinski definition) is 2. The SMILES string of the molecule is CC1NC(Cc2ccccc2)C(=O)N1CCC(C)(C)C. The third kappa shape index (κ3) is 3.83. The van der Waals surface area contributed by atoms with Gasteiger partial charge in [-0.05, 0) is 30.7 Å². The van der Waals surface area contributed by atoms with E-state index in [0.717, 1.165) is 19.4 Å². The standard InChI is InChI=1S/C17H26N2O/c1-13-18-15(12-14-8-6-5-7-9-14)16(20)19(13)11-10-17(2,3)4/h5-9,13,15,18H,10-12H2,1-4H3. The number of nitrogens with zero attached hydrogens (tertiary/aromatic N) is 1. The first-order chi connectivity index (χ1) is 9.37. The van der Waals surface area contributed by atoms with Crippen LogP contribution in [0.5, 0.6) is 0 Å². The van der Waals surface area contributed by atoms with E-state index >= 15 is 0 Å². The summed E-state index contributed by atoms with van der Waals surface area (Å²) in [5.41, 5.74) is 1.47. The number of carbonyl (C=O) groups is 1. The lowest BCUT2D eigenvalue weighted by atomic mass is 9.92. The normalized spacial score (nSPS) is 23.4. The smallest absolute Gasteiger partial charge is 0.241 e. The number of benzene rings is 1. The van der Waals surface area contributed by atoms with E-state index in [1.165, 1.54) is 5.56 Å². The summed E-state index contributed by atoms with van der Waals surface area (Å²) in [4.78, 5) is 14.5. The van der Waals surface area contributed by atoms with Gasteiger partial charge in [-0.25, -0.2) is 0 Å². The molecule has 2 unspecified atom stereocenters. The molecule has 1 aromatic rings. The molecule has 0 bridgehead atoms. The minimum absolute atomic E-state index is 0.0765. The molecular weight excluding hydrogens is 248 g/mol. The molecule has 110 valence electrons. The molecule has 1 saturated heterocycles. The second-order valence-electron chi connectivity index (χ2n) is 6.93. The third-order valence-electron chi connectivity index (χ3n) is 3.88. The zero-order valence-electron chi connectivity index (χ0n) is 13.0. The van der Waals surface area contributed by atoms with Gasteiger partial charge in [0.25, 0.3) is 0 Å². The quantitative estimate of drug-likeness (QED) is 0.915. The monoisotopic (exact) mass is 274 g/mol. The van der Waals surface area contributed by atoms with Gasteiger partial charge in [-0.1, -0.05) is 51.1 Å². The first kappa shape index (κ1) is 15.0. The van der Waals surface area contributed by atoms with E-state index in [-0.39, 0.29) is 23.5 Å². The maximum atomic E-state index is 12.5. The number of rotatable bonds is 4. The van der Waals surface area contributed by atoms with Crippen LogP contribution in [-0.4, -0.2) is 29.6 Å². The molecule has 1 aliphatic heterocycles. The van der Waals surface area contributed by atoms with Crippen LogP contribution in [-0.2, 0) is 11.2 Å². The van der Waals surface area contributed by atoms with Crippen molar-refractivity contribution in [3.63, 3.8) is 0 Å². The molecule has 0 saturated carbocycles. The van der Waals surface area contributed by atoms with Gasteiger partial charge >= 0.3 is 0 Å². The van der Waals surface area contributed by atoms with Crippen LogP contribution in [0.1, 0.15) is 39.7 Å². The van der Waals surface area contributed by atoms with E-state index in [0.29, 0.717) is 0 Å². The maximum Gasteiger partial charge on any atom is 0.241 e. The summed E-state index contributed by atoms with van der Waals surface area (Å²) < 4.78 is 0. The number of nitrogens with one attached hydrogen (secondary N) is 1. The Bertz CT molecular complexity index is 450. The fourth-order valence-corrected chi connectivity index (χ4v) is 2.60. The first-order valence-electron chi connectivity index (χ1n) is 7.47. The molecule has 3 heteroatoms. The van der Waals surface area contributed by atoms with Crippen LogP contribution in [0, 0.1) is 5.41 Å². The fourth-order valence-electron chi connectivity index (χ4n) is 2.60. The predicted octanol–water partition coefficient (Wildman–Crippen LogP) is 2.81. The Morgan fingerprint density at radius 2 is 1.85 bits per heavy atom. The second-order valence-corrected chi connectivity index (χ2v) is 6.93. The summed E-state index contributed by atoms with van der Waals surface area (Å²) >= 11 is 0. The minimum Gasteiger partial charge on any atom is -0.326 e. The lowest BCUT2D eigenvalue weighted by molar-refractivity contribution is -0.130. The van der Waals surface area contributed by atoms with Crippen molar-refractivity contribution in [1.29, 1.82) is 0 Å². The van der Waals surface area contributed by atoms with Gasteiger partial charge in [0, 0.05) is 6.54 Å². The lowest BCUT2D eigenvalue weighted by Crippen LogP contribution is -2.36. The van der Waals surface area contributed by atoms with Crippen molar-refractivity contribution in [3.05, 3.63) is 35.9 Å². The zero-order valence-corrected chi connectivity index (χ0v) is 13.0. The van der Waals surface area contributed by atoms with Crippen LogP contribution in [0.15, 0.2) is 30.3 Å². The Morgan fingerprint density at radius 3 is 2.45 bits per heavy atom. The molecule has 1 heterocycles. The zero-order chi connectivity index (χ0) is 14.8. The van der Waals surface area contributed by atoms with Gasteiger partial charge in [0.05, 0.1) is 12.2 Å². The summed E-state index contributed by atoms with van der Waals surface area (Å²) in [6, 6.07) is 10.1. The molecule has 20 heavy (non-hydrogen) atoms. The highest BCUT2D eigenvalue weighted by Gasteiger charge is 2.36. The van der Waals surface area contributed by atoms with Crippen LogP contribution in [0.3, 0.4) is 0 Å². The molecule has 1 fully saturated rings. The Hall–Kier alpha value is -1.35. The second kappa shape index (κ2) is 5.96. The number of carbonyl (C=O) groups excluding carboxylic acids is 1. The van der Waals surface area contributed by atoms with Gasteiger partial charge in [0.2, 0.25) is 5.91 Å². The summed E-state index contributed by atoms with van der Waals surface area (Å²) in [5.74, 6) is 0.241. The van der Waals surface area contributed by atoms with Crippen LogP contribution < -0.4 is 5.32 Å². The fraction of sp³-hybridized carbons (Fsp3) is 0.588. The van der Waals surface area contributed by atoms with Crippen molar-refractivity contribution in [1.82, 2.24) is 10.2 Å². The van der Waals surface area contributed by atoms with Gasteiger partial charge in [-0.3, -0.25) is 10.1 Å². The van der Waals surface area contributed by atoms with Crippen molar-refractivity contribution >= 4 is 5.91 Å². The summed E-state index contributed by atoms with van der Waals surface area (Å²) in [6.45, 7) is 9.56. The third-order valence-corrected chi connectivity index (χ3v) is 3.88. The minimum atomic E-state index is -0.0765. The van der Waals surface area contributed by atoms with E-state index in [9.17, 15) is 4.79 Å². The van der Waals surface area contributed by atoms with E-state index in [4.69, 9.17) is 0 Å². The molecule has 1 aliphatic rings. The molecule has 0 radical (unpaired) electrons. The average Bonchev–Trinajstić information content (AvgIpc) is 2.63. The number of amides is 1. The van der Waals surface area contributed by atoms with Gasteiger partial charge in [0.15, 0.2) is 0 Å². The van der Waals surface area contributed by atoms with E-state index in [1.807, 2.05) is 23.1 Å². The van der Waals surface area contributed by atoms with E-state index < -0.39 is 0 Å². The Morgan fingerprint density at radius 1 is 1.20 bits per heavy atom. The highest BCUT2D eigenvalue weighted by Crippen LogP contribution is 2.22. The highest BCUT2D eigenvalue weighted by molar-refractivity contribution is 5.84. The first-order valence-corrected chi connectivity index (χ1v) is 7.47. The summed E-state index contributed by atoms with van der Waals surface area (Å²) in [7, 11) is 0. The van der Waals surface area contributed by atoms with Crippen LogP contribution in [0.25, 0.3) is 0 Å². The van der Waals surface area contributed by atoms with E-state index in [2.05, 4.69) is 45.1 Å². The van der Waals surface area contributed by atoms with Crippen LogP contribution >= 0.6 is 0 Å². The van der Waals surface area contributed by atoms with Gasteiger partial charge < -0.3 is 4.90 Å². The molecule has 2 atom stereocenters. The summed E-state index contributed by atoms with van der Waals surface area (Å²) in [6.07, 6.45) is 1.94. The molecule has 0 aliphatic carbocycles. The molecule has 3 nitrogen and oxygen atoms in total. The molecule has 1 aromatic carbocycles. The molecule has 0 aromatic heterocycles. The number of hydrogen-bond donors (Lipinski definition) is 1. The largest absolute Gasteiger partial charge is 0.326 e. The van der Waals surface area contributed by atoms with Crippen molar-refractivity contribution in [2.75, 3.05) is 6.54 Å². The average molecular weight is 274 g/mol. The van der Waals surface area contributed by atoms with Crippen molar-refractivity contribution in [3.8, 4) is 0 Å².